The Bertz CT molecular complexity index is 1730. The van der Waals surface area contributed by atoms with Crippen molar-refractivity contribution in [1.82, 2.24) is 5.32 Å². The monoisotopic (exact) mass is 639 g/mol. The quantitative estimate of drug-likeness (QED) is 0.187. The molecule has 2 amide bonds. The second-order valence-corrected chi connectivity index (χ2v) is 11.2. The van der Waals surface area contributed by atoms with Gasteiger partial charge in [0.05, 0.1) is 29.5 Å². The van der Waals surface area contributed by atoms with Crippen molar-refractivity contribution >= 4 is 44.6 Å². The number of methoxy groups -OCH3 is 1. The van der Waals surface area contributed by atoms with E-state index in [-0.39, 0.29) is 37.9 Å². The maximum Gasteiger partial charge on any atom is 0.419 e. The van der Waals surface area contributed by atoms with E-state index in [9.17, 15) is 40.3 Å². The van der Waals surface area contributed by atoms with E-state index in [1.807, 2.05) is 6.07 Å². The summed E-state index contributed by atoms with van der Waals surface area (Å²) >= 11 is 0.605. The van der Waals surface area contributed by atoms with E-state index >= 15 is 0 Å². The van der Waals surface area contributed by atoms with Gasteiger partial charge < -0.3 is 20.7 Å². The van der Waals surface area contributed by atoms with E-state index < -0.39 is 46.8 Å². The maximum absolute atomic E-state index is 13.8. The third kappa shape index (κ3) is 6.50. The predicted molar refractivity (Wildman–Crippen MR) is 152 cm³/mol. The van der Waals surface area contributed by atoms with Crippen molar-refractivity contribution in [3.05, 3.63) is 87.5 Å². The molecule has 14 heteroatoms. The van der Waals surface area contributed by atoms with Crippen LogP contribution in [0.15, 0.2) is 54.6 Å². The smallest absolute Gasteiger partial charge is 0.419 e. The molecule has 0 saturated carbocycles. The number of benzene rings is 3. The molecule has 3 aromatic carbocycles. The summed E-state index contributed by atoms with van der Waals surface area (Å²) < 4.78 is 99.2. The Hall–Kier alpha value is -4.17. The predicted octanol–water partition coefficient (Wildman–Crippen LogP) is 8.06. The molecule has 6 nitrogen and oxygen atoms in total. The molecule has 0 radical (unpaired) electrons. The van der Waals surface area contributed by atoms with Gasteiger partial charge in [-0.25, -0.2) is 4.39 Å². The van der Waals surface area contributed by atoms with Crippen molar-refractivity contribution in [2.45, 2.75) is 31.1 Å². The highest BCUT2D eigenvalue weighted by Crippen LogP contribution is 2.41. The largest absolute Gasteiger partial charge is 0.496 e. The summed E-state index contributed by atoms with van der Waals surface area (Å²) in [6.45, 7) is 1.58. The van der Waals surface area contributed by atoms with E-state index in [4.69, 9.17) is 4.74 Å². The van der Waals surface area contributed by atoms with Crippen LogP contribution in [0.5, 0.6) is 5.75 Å². The number of nitrogens with one attached hydrogen (secondary N) is 3. The van der Waals surface area contributed by atoms with Crippen LogP contribution in [0.3, 0.4) is 0 Å². The van der Waals surface area contributed by atoms with Crippen molar-refractivity contribution < 1.29 is 45.1 Å². The van der Waals surface area contributed by atoms with Gasteiger partial charge in [-0.05, 0) is 73.3 Å². The fourth-order valence-electron chi connectivity index (χ4n) is 5.04. The molecule has 1 atom stereocenters. The molecule has 44 heavy (non-hydrogen) atoms. The second kappa shape index (κ2) is 12.1. The third-order valence-electron chi connectivity index (χ3n) is 7.23. The highest BCUT2D eigenvalue weighted by molar-refractivity contribution is 7.21. The number of amides is 2. The molecule has 2 heterocycles. The molecule has 3 N–H and O–H groups in total. The molecule has 5 rings (SSSR count). The van der Waals surface area contributed by atoms with Crippen LogP contribution in [0.2, 0.25) is 0 Å². The first-order valence-corrected chi connectivity index (χ1v) is 14.1. The minimum Gasteiger partial charge on any atom is -0.496 e. The van der Waals surface area contributed by atoms with Gasteiger partial charge in [-0.2, -0.15) is 26.3 Å². The number of hydrogen-bond acceptors (Lipinski definition) is 5. The lowest BCUT2D eigenvalue weighted by molar-refractivity contribution is -0.140. The topological polar surface area (TPSA) is 79.5 Å². The minimum absolute atomic E-state index is 0.00985. The maximum atomic E-state index is 13.8. The SMILES string of the molecule is COc1ccc(C2CCCNC2)cc1C(=O)Nc1c(C(=O)Nc2ccc(F)c(C(F)(F)F)c2)sc2cc(C(F)(F)F)ccc12. The van der Waals surface area contributed by atoms with Crippen molar-refractivity contribution in [3.8, 4) is 5.75 Å². The van der Waals surface area contributed by atoms with Gasteiger partial charge in [-0.3, -0.25) is 9.59 Å². The molecular weight excluding hydrogens is 615 g/mol. The molecule has 1 fully saturated rings. The molecule has 0 aliphatic carbocycles. The van der Waals surface area contributed by atoms with E-state index in [0.29, 0.717) is 30.0 Å². The van der Waals surface area contributed by atoms with E-state index in [1.54, 1.807) is 12.1 Å². The van der Waals surface area contributed by atoms with Gasteiger partial charge in [-0.1, -0.05) is 12.1 Å². The van der Waals surface area contributed by atoms with Crippen LogP contribution < -0.4 is 20.7 Å². The average Bonchev–Trinajstić information content (AvgIpc) is 3.34. The first-order valence-electron chi connectivity index (χ1n) is 13.3. The lowest BCUT2D eigenvalue weighted by Gasteiger charge is -2.24. The van der Waals surface area contributed by atoms with Gasteiger partial charge in [0, 0.05) is 22.3 Å². The number of hydrogen-bond donors (Lipinski definition) is 3. The van der Waals surface area contributed by atoms with Crippen LogP contribution >= 0.6 is 11.3 Å². The van der Waals surface area contributed by atoms with Crippen LogP contribution in [0.4, 0.5) is 42.1 Å². The zero-order valence-electron chi connectivity index (χ0n) is 22.9. The second-order valence-electron chi connectivity index (χ2n) is 10.1. The Morgan fingerprint density at radius 1 is 0.932 bits per heavy atom. The molecule has 1 aliphatic rings. The van der Waals surface area contributed by atoms with Gasteiger partial charge >= 0.3 is 12.4 Å². The number of piperidine rings is 1. The number of thiophene rings is 1. The molecule has 1 aromatic heterocycles. The fraction of sp³-hybridized carbons (Fsp3) is 0.267. The fourth-order valence-corrected chi connectivity index (χ4v) is 6.13. The number of ether oxygens (including phenoxy) is 1. The first kappa shape index (κ1) is 31.3. The summed E-state index contributed by atoms with van der Waals surface area (Å²) in [6.07, 6.45) is -7.92. The molecule has 232 valence electrons. The van der Waals surface area contributed by atoms with Crippen molar-refractivity contribution in [3.63, 3.8) is 0 Å². The Morgan fingerprint density at radius 3 is 2.36 bits per heavy atom. The van der Waals surface area contributed by atoms with Crippen LogP contribution in [0.25, 0.3) is 10.1 Å². The number of carbonyl (C=O) groups excluding carboxylic acids is 2. The first-order chi connectivity index (χ1) is 20.8. The molecular formula is C30H24F7N3O3S. The summed E-state index contributed by atoms with van der Waals surface area (Å²) in [5.74, 6) is -2.95. The number of fused-ring (bicyclic) bond motifs is 1. The van der Waals surface area contributed by atoms with Crippen molar-refractivity contribution in [2.24, 2.45) is 0 Å². The van der Waals surface area contributed by atoms with Gasteiger partial charge in [0.15, 0.2) is 0 Å². The molecule has 1 aliphatic heterocycles. The summed E-state index contributed by atoms with van der Waals surface area (Å²) in [6, 6.07) is 9.65. The summed E-state index contributed by atoms with van der Waals surface area (Å²) in [5, 5.41) is 8.25. The summed E-state index contributed by atoms with van der Waals surface area (Å²) in [5.41, 5.74) is -2.20. The average molecular weight is 640 g/mol. The minimum atomic E-state index is -5.04. The highest BCUT2D eigenvalue weighted by atomic mass is 32.1. The number of rotatable bonds is 6. The highest BCUT2D eigenvalue weighted by Gasteiger charge is 2.35. The van der Waals surface area contributed by atoms with Gasteiger partial charge in [0.25, 0.3) is 11.8 Å². The lowest BCUT2D eigenvalue weighted by atomic mass is 9.90. The molecule has 1 unspecified atom stereocenters. The van der Waals surface area contributed by atoms with Crippen LogP contribution in [-0.4, -0.2) is 32.0 Å². The summed E-state index contributed by atoms with van der Waals surface area (Å²) in [4.78, 5) is 26.7. The van der Waals surface area contributed by atoms with Crippen LogP contribution in [0, 0.1) is 5.82 Å². The summed E-state index contributed by atoms with van der Waals surface area (Å²) in [7, 11) is 1.36. The normalized spacial score (nSPS) is 15.7. The van der Waals surface area contributed by atoms with Crippen LogP contribution in [0.1, 0.15) is 55.5 Å². The van der Waals surface area contributed by atoms with E-state index in [1.165, 1.54) is 7.11 Å². The molecule has 0 spiro atoms. The Kier molecular flexibility index (Phi) is 8.58. The Labute approximate surface area is 250 Å². The number of alkyl halides is 6. The van der Waals surface area contributed by atoms with E-state index in [2.05, 4.69) is 16.0 Å². The number of anilines is 2. The zero-order chi connectivity index (χ0) is 31.8. The molecule has 4 aromatic rings. The van der Waals surface area contributed by atoms with Crippen LogP contribution in [-0.2, 0) is 12.4 Å². The van der Waals surface area contributed by atoms with Gasteiger partial charge in [0.2, 0.25) is 0 Å². The molecule has 1 saturated heterocycles. The van der Waals surface area contributed by atoms with Crippen molar-refractivity contribution in [2.75, 3.05) is 30.8 Å². The number of halogens is 7. The Morgan fingerprint density at radius 2 is 1.70 bits per heavy atom. The zero-order valence-corrected chi connectivity index (χ0v) is 23.7. The Balaban J connectivity index is 1.55. The van der Waals surface area contributed by atoms with Gasteiger partial charge in [-0.15, -0.1) is 11.3 Å². The lowest BCUT2D eigenvalue weighted by Crippen LogP contribution is -2.28. The standard InChI is InChI=1S/C30H24F7N3O3S/c1-43-23-9-4-15(16-3-2-10-38-14-16)11-20(23)27(41)40-25-19-7-5-17(29(32,33)34)12-24(19)44-26(25)28(42)39-18-6-8-22(31)21(13-18)30(35,36)37/h4-9,11-13,16,38H,2-3,10,14H2,1H3,(H,39,42)(H,40,41). The number of carbonyl (C=O) groups is 2. The molecule has 0 bridgehead atoms. The van der Waals surface area contributed by atoms with Crippen molar-refractivity contribution in [1.29, 1.82) is 0 Å². The van der Waals surface area contributed by atoms with Gasteiger partial charge in [0.1, 0.15) is 16.4 Å². The third-order valence-corrected chi connectivity index (χ3v) is 8.38. The van der Waals surface area contributed by atoms with E-state index in [0.717, 1.165) is 49.2 Å².